The highest BCUT2D eigenvalue weighted by Crippen LogP contribution is 2.10. The number of nitrogens with two attached hydrogens (primary N) is 1. The SMILES string of the molecule is Cc1cc([N+](=O)[O-])nn1CC(=O)NN. The highest BCUT2D eigenvalue weighted by atomic mass is 16.6. The molecule has 1 heterocycles. The smallest absolute Gasteiger partial charge is 0.358 e. The minimum atomic E-state index is -0.621. The summed E-state index contributed by atoms with van der Waals surface area (Å²) in [6.07, 6.45) is 0. The summed E-state index contributed by atoms with van der Waals surface area (Å²) in [4.78, 5) is 20.6. The summed E-state index contributed by atoms with van der Waals surface area (Å²) in [5.41, 5.74) is 2.44. The van der Waals surface area contributed by atoms with Crippen LogP contribution in [0.3, 0.4) is 0 Å². The Morgan fingerprint density at radius 1 is 1.86 bits per heavy atom. The second-order valence-electron chi connectivity index (χ2n) is 2.63. The molecule has 0 saturated carbocycles. The van der Waals surface area contributed by atoms with E-state index < -0.39 is 10.8 Å². The molecular weight excluding hydrogens is 190 g/mol. The summed E-state index contributed by atoms with van der Waals surface area (Å²) < 4.78 is 1.21. The molecule has 0 saturated heterocycles. The molecule has 1 amide bonds. The summed E-state index contributed by atoms with van der Waals surface area (Å²) in [7, 11) is 0. The Labute approximate surface area is 78.8 Å². The van der Waals surface area contributed by atoms with Gasteiger partial charge in [0.25, 0.3) is 5.91 Å². The van der Waals surface area contributed by atoms with Gasteiger partial charge in [0.15, 0.2) is 0 Å². The summed E-state index contributed by atoms with van der Waals surface area (Å²) in [5, 5.41) is 13.9. The van der Waals surface area contributed by atoms with E-state index in [9.17, 15) is 14.9 Å². The molecule has 1 aromatic rings. The van der Waals surface area contributed by atoms with Crippen molar-refractivity contribution in [3.8, 4) is 0 Å². The van der Waals surface area contributed by atoms with Gasteiger partial charge in [0.2, 0.25) is 0 Å². The maximum absolute atomic E-state index is 10.8. The van der Waals surface area contributed by atoms with E-state index in [1.807, 2.05) is 5.43 Å². The normalized spacial score (nSPS) is 9.86. The zero-order valence-electron chi connectivity index (χ0n) is 7.43. The number of nitrogens with one attached hydrogen (secondary N) is 1. The highest BCUT2D eigenvalue weighted by Gasteiger charge is 2.16. The molecule has 1 aromatic heterocycles. The predicted octanol–water partition coefficient (Wildman–Crippen LogP) is -0.910. The molecule has 0 radical (unpaired) electrons. The Hall–Kier alpha value is -1.96. The Kier molecular flexibility index (Phi) is 2.77. The van der Waals surface area contributed by atoms with Gasteiger partial charge in [-0.05, 0) is 11.8 Å². The fraction of sp³-hybridized carbons (Fsp3) is 0.333. The number of nitrogens with zero attached hydrogens (tertiary/aromatic N) is 3. The van der Waals surface area contributed by atoms with Crippen molar-refractivity contribution >= 4 is 11.7 Å². The molecule has 0 aliphatic carbocycles. The molecule has 0 aliphatic rings. The topological polar surface area (TPSA) is 116 Å². The minimum Gasteiger partial charge on any atom is -0.358 e. The van der Waals surface area contributed by atoms with Gasteiger partial charge < -0.3 is 10.1 Å². The lowest BCUT2D eigenvalue weighted by molar-refractivity contribution is -0.389. The van der Waals surface area contributed by atoms with E-state index in [4.69, 9.17) is 5.84 Å². The molecule has 0 bridgehead atoms. The Balaban J connectivity index is 2.88. The fourth-order valence-corrected chi connectivity index (χ4v) is 0.924. The first-order valence-corrected chi connectivity index (χ1v) is 3.73. The first kappa shape index (κ1) is 10.1. The molecule has 0 aliphatic heterocycles. The van der Waals surface area contributed by atoms with Crippen LogP contribution in [0.4, 0.5) is 5.82 Å². The molecule has 0 fully saturated rings. The van der Waals surface area contributed by atoms with Crippen molar-refractivity contribution in [2.75, 3.05) is 0 Å². The number of carbonyl (C=O) groups excluding carboxylic acids is 1. The molecule has 76 valence electrons. The molecule has 0 atom stereocenters. The number of hydrogen-bond donors (Lipinski definition) is 2. The average molecular weight is 199 g/mol. The van der Waals surface area contributed by atoms with Gasteiger partial charge in [-0.3, -0.25) is 10.2 Å². The first-order valence-electron chi connectivity index (χ1n) is 3.73. The van der Waals surface area contributed by atoms with Gasteiger partial charge in [-0.25, -0.2) is 5.84 Å². The van der Waals surface area contributed by atoms with Gasteiger partial charge in [0, 0.05) is 0 Å². The van der Waals surface area contributed by atoms with Gasteiger partial charge >= 0.3 is 5.82 Å². The summed E-state index contributed by atoms with van der Waals surface area (Å²) in [6.45, 7) is 1.49. The zero-order chi connectivity index (χ0) is 10.7. The lowest BCUT2D eigenvalue weighted by Gasteiger charge is -1.97. The van der Waals surface area contributed by atoms with E-state index in [-0.39, 0.29) is 12.4 Å². The third-order valence-corrected chi connectivity index (χ3v) is 1.61. The Morgan fingerprint density at radius 2 is 2.50 bits per heavy atom. The molecule has 0 spiro atoms. The second-order valence-corrected chi connectivity index (χ2v) is 2.63. The average Bonchev–Trinajstić information content (AvgIpc) is 2.48. The van der Waals surface area contributed by atoms with Crippen LogP contribution in [0.1, 0.15) is 5.69 Å². The number of aryl methyl sites for hydroxylation is 1. The largest absolute Gasteiger partial charge is 0.390 e. The van der Waals surface area contributed by atoms with Gasteiger partial charge in [0.1, 0.15) is 6.54 Å². The van der Waals surface area contributed by atoms with Crippen LogP contribution in [0.15, 0.2) is 6.07 Å². The molecular formula is C6H9N5O3. The van der Waals surface area contributed by atoms with Crippen LogP contribution in [0, 0.1) is 17.0 Å². The van der Waals surface area contributed by atoms with Crippen molar-refractivity contribution in [1.29, 1.82) is 0 Å². The molecule has 1 rings (SSSR count). The molecule has 14 heavy (non-hydrogen) atoms. The van der Waals surface area contributed by atoms with Crippen LogP contribution < -0.4 is 11.3 Å². The van der Waals surface area contributed by atoms with Gasteiger partial charge in [-0.1, -0.05) is 0 Å². The van der Waals surface area contributed by atoms with Crippen molar-refractivity contribution in [2.24, 2.45) is 5.84 Å². The number of carbonyl (C=O) groups is 1. The van der Waals surface area contributed by atoms with Gasteiger partial charge in [-0.15, -0.1) is 0 Å². The van der Waals surface area contributed by atoms with Crippen molar-refractivity contribution in [3.05, 3.63) is 21.9 Å². The molecule has 8 heteroatoms. The van der Waals surface area contributed by atoms with Crippen LogP contribution in [0.25, 0.3) is 0 Å². The van der Waals surface area contributed by atoms with Crippen LogP contribution >= 0.6 is 0 Å². The van der Waals surface area contributed by atoms with Crippen molar-refractivity contribution in [3.63, 3.8) is 0 Å². The number of aromatic nitrogens is 2. The lowest BCUT2D eigenvalue weighted by atomic mass is 10.4. The van der Waals surface area contributed by atoms with Crippen molar-refractivity contribution < 1.29 is 9.72 Å². The van der Waals surface area contributed by atoms with E-state index in [0.29, 0.717) is 5.69 Å². The van der Waals surface area contributed by atoms with E-state index in [0.717, 1.165) is 0 Å². The molecule has 8 nitrogen and oxygen atoms in total. The number of hydrazine groups is 1. The van der Waals surface area contributed by atoms with Gasteiger partial charge in [0.05, 0.1) is 16.9 Å². The number of hydrogen-bond acceptors (Lipinski definition) is 5. The van der Waals surface area contributed by atoms with E-state index >= 15 is 0 Å². The summed E-state index contributed by atoms with van der Waals surface area (Å²) >= 11 is 0. The summed E-state index contributed by atoms with van der Waals surface area (Å²) in [6, 6.07) is 1.28. The highest BCUT2D eigenvalue weighted by molar-refractivity contribution is 5.74. The zero-order valence-corrected chi connectivity index (χ0v) is 7.43. The third kappa shape index (κ3) is 2.04. The second kappa shape index (κ2) is 3.83. The maximum Gasteiger partial charge on any atom is 0.390 e. The van der Waals surface area contributed by atoms with Crippen LogP contribution in [0.2, 0.25) is 0 Å². The minimum absolute atomic E-state index is 0.129. The maximum atomic E-state index is 10.8. The fourth-order valence-electron chi connectivity index (χ4n) is 0.924. The van der Waals surface area contributed by atoms with E-state index in [1.54, 1.807) is 6.92 Å². The van der Waals surface area contributed by atoms with Crippen LogP contribution in [-0.2, 0) is 11.3 Å². The monoisotopic (exact) mass is 199 g/mol. The van der Waals surface area contributed by atoms with Crippen molar-refractivity contribution in [2.45, 2.75) is 13.5 Å². The Morgan fingerprint density at radius 3 is 2.93 bits per heavy atom. The number of nitro groups is 1. The van der Waals surface area contributed by atoms with Crippen LogP contribution in [-0.4, -0.2) is 20.6 Å². The van der Waals surface area contributed by atoms with E-state index in [2.05, 4.69) is 5.10 Å². The molecule has 0 aromatic carbocycles. The van der Waals surface area contributed by atoms with E-state index in [1.165, 1.54) is 10.7 Å². The van der Waals surface area contributed by atoms with Crippen LogP contribution in [0.5, 0.6) is 0 Å². The number of rotatable bonds is 3. The third-order valence-electron chi connectivity index (χ3n) is 1.61. The Bertz CT molecular complexity index is 372. The van der Waals surface area contributed by atoms with Gasteiger partial charge in [-0.2, -0.15) is 4.68 Å². The summed E-state index contributed by atoms with van der Waals surface area (Å²) in [5.74, 6) is 4.11. The van der Waals surface area contributed by atoms with Crippen molar-refractivity contribution in [1.82, 2.24) is 15.2 Å². The molecule has 3 N–H and O–H groups in total. The number of amides is 1. The first-order chi connectivity index (χ1) is 6.54. The predicted molar refractivity (Wildman–Crippen MR) is 45.9 cm³/mol. The standard InChI is InChI=1S/C6H9N5O3/c1-4-2-5(11(13)14)9-10(4)3-6(12)8-7/h2H,3,7H2,1H3,(H,8,12). The molecule has 0 unspecified atom stereocenters. The lowest BCUT2D eigenvalue weighted by Crippen LogP contribution is -2.33. The quantitative estimate of drug-likeness (QED) is 0.283.